The van der Waals surface area contributed by atoms with Crippen molar-refractivity contribution in [2.45, 2.75) is 6.92 Å². The van der Waals surface area contributed by atoms with Gasteiger partial charge in [0.2, 0.25) is 0 Å². The summed E-state index contributed by atoms with van der Waals surface area (Å²) in [4.78, 5) is 17.9. The number of aromatic nitrogens is 2. The molecule has 0 unspecified atom stereocenters. The first-order chi connectivity index (χ1) is 18.0. The molecular formula is C30H22Br2N2O3. The van der Waals surface area contributed by atoms with E-state index in [4.69, 9.17) is 9.47 Å². The summed E-state index contributed by atoms with van der Waals surface area (Å²) < 4.78 is 13.6. The molecule has 37 heavy (non-hydrogen) atoms. The van der Waals surface area contributed by atoms with Crippen LogP contribution in [0, 0.1) is 0 Å². The van der Waals surface area contributed by atoms with Crippen molar-refractivity contribution < 1.29 is 14.3 Å². The number of H-pyrrole nitrogens is 2. The Hall–Kier alpha value is -3.81. The van der Waals surface area contributed by atoms with E-state index in [1.165, 1.54) is 0 Å². The number of carbonyl (C=O) groups is 1. The fourth-order valence-electron chi connectivity index (χ4n) is 3.93. The van der Waals surface area contributed by atoms with E-state index in [2.05, 4.69) is 41.8 Å². The molecule has 0 aliphatic rings. The van der Waals surface area contributed by atoms with E-state index in [0.717, 1.165) is 48.0 Å². The predicted octanol–water partition coefficient (Wildman–Crippen LogP) is 9.65. The Morgan fingerprint density at radius 1 is 0.676 bits per heavy atom. The van der Waals surface area contributed by atoms with Crippen LogP contribution in [0.3, 0.4) is 0 Å². The van der Waals surface area contributed by atoms with Crippen LogP contribution in [0.4, 0.5) is 0 Å². The summed E-state index contributed by atoms with van der Waals surface area (Å²) in [6.45, 7) is 1.56. The number of benzene rings is 4. The molecule has 5 nitrogen and oxygen atoms in total. The van der Waals surface area contributed by atoms with Crippen LogP contribution in [0.2, 0.25) is 0 Å². The molecule has 0 fully saturated rings. The smallest absolute Gasteiger partial charge is 0.165 e. The van der Waals surface area contributed by atoms with Crippen molar-refractivity contribution >= 4 is 59.4 Å². The molecule has 0 spiro atoms. The van der Waals surface area contributed by atoms with Gasteiger partial charge in [0, 0.05) is 28.7 Å². The second-order valence-corrected chi connectivity index (χ2v) is 9.91. The van der Waals surface area contributed by atoms with E-state index < -0.39 is 0 Å². The Labute approximate surface area is 230 Å². The van der Waals surface area contributed by atoms with Crippen LogP contribution < -0.4 is 9.47 Å². The fraction of sp³-hybridized carbons (Fsp3) is 0.0333. The minimum Gasteiger partial charge on any atom is -0.454 e. The van der Waals surface area contributed by atoms with Gasteiger partial charge in [-0.15, -0.1) is 0 Å². The molecule has 6 aromatic rings. The van der Waals surface area contributed by atoms with Crippen LogP contribution in [-0.2, 0) is 0 Å². The number of carbonyl (C=O) groups excluding carboxylic acids is 1. The number of fused-ring (bicyclic) bond motifs is 2. The van der Waals surface area contributed by atoms with Gasteiger partial charge in [0.1, 0.15) is 11.5 Å². The number of halogens is 2. The standard InChI is InChI=1S/C16H12BrNO2.C14H10BrNO/c1-10(19)13-9-18-15-12(13)7-8-14(17)16(15)20-11-5-3-2-4-6-11;15-12-7-6-10-8-9-16-13(10)14(12)17-11-4-2-1-3-5-11/h2-9,18H,1H3;1-9,16H. The lowest BCUT2D eigenvalue weighted by Gasteiger charge is -2.09. The van der Waals surface area contributed by atoms with Crippen molar-refractivity contribution in [1.82, 2.24) is 9.97 Å². The molecule has 7 heteroatoms. The summed E-state index contributed by atoms with van der Waals surface area (Å²) in [5.74, 6) is 3.11. The number of Topliss-reactive ketones (excluding diaryl/α,β-unsaturated/α-hetero) is 1. The third kappa shape index (κ3) is 5.48. The molecule has 4 aromatic carbocycles. The first-order valence-corrected chi connectivity index (χ1v) is 13.1. The van der Waals surface area contributed by atoms with E-state index in [1.54, 1.807) is 13.1 Å². The van der Waals surface area contributed by atoms with E-state index in [0.29, 0.717) is 11.3 Å². The van der Waals surface area contributed by atoms with Gasteiger partial charge < -0.3 is 19.4 Å². The van der Waals surface area contributed by atoms with Crippen LogP contribution in [0.15, 0.2) is 112 Å². The van der Waals surface area contributed by atoms with Gasteiger partial charge in [0.05, 0.1) is 20.0 Å². The van der Waals surface area contributed by atoms with E-state index >= 15 is 0 Å². The van der Waals surface area contributed by atoms with Gasteiger partial charge in [0.15, 0.2) is 17.3 Å². The van der Waals surface area contributed by atoms with Gasteiger partial charge >= 0.3 is 0 Å². The first kappa shape index (κ1) is 24.9. The maximum absolute atomic E-state index is 11.6. The molecule has 0 bridgehead atoms. The number of hydrogen-bond donors (Lipinski definition) is 2. The van der Waals surface area contributed by atoms with Crippen LogP contribution in [0.25, 0.3) is 21.8 Å². The molecule has 2 heterocycles. The summed E-state index contributed by atoms with van der Waals surface area (Å²) in [6, 6.07) is 29.2. The zero-order chi connectivity index (χ0) is 25.8. The molecule has 6 rings (SSSR count). The number of nitrogens with one attached hydrogen (secondary N) is 2. The summed E-state index contributed by atoms with van der Waals surface area (Å²) in [5.41, 5.74) is 2.49. The third-order valence-corrected chi connectivity index (χ3v) is 6.95. The summed E-state index contributed by atoms with van der Waals surface area (Å²) >= 11 is 7.01. The van der Waals surface area contributed by atoms with Crippen LogP contribution in [-0.4, -0.2) is 15.8 Å². The molecule has 0 saturated heterocycles. The Morgan fingerprint density at radius 2 is 1.24 bits per heavy atom. The molecule has 0 radical (unpaired) electrons. The Bertz CT molecular complexity index is 1680. The first-order valence-electron chi connectivity index (χ1n) is 11.5. The number of aromatic amines is 2. The van der Waals surface area contributed by atoms with Gasteiger partial charge in [-0.05, 0) is 81.2 Å². The van der Waals surface area contributed by atoms with E-state index in [9.17, 15) is 4.79 Å². The lowest BCUT2D eigenvalue weighted by Crippen LogP contribution is -1.90. The molecule has 0 saturated carbocycles. The number of ether oxygens (including phenoxy) is 2. The highest BCUT2D eigenvalue weighted by Crippen LogP contribution is 2.38. The van der Waals surface area contributed by atoms with Crippen molar-refractivity contribution in [3.05, 3.63) is 118 Å². The molecule has 184 valence electrons. The zero-order valence-corrected chi connectivity index (χ0v) is 23.0. The number of ketones is 1. The maximum atomic E-state index is 11.6. The van der Waals surface area contributed by atoms with Crippen molar-refractivity contribution in [3.8, 4) is 23.0 Å². The minimum atomic E-state index is 0.0317. The lowest BCUT2D eigenvalue weighted by molar-refractivity contribution is 0.101. The lowest BCUT2D eigenvalue weighted by atomic mass is 10.1. The zero-order valence-electron chi connectivity index (χ0n) is 19.8. The van der Waals surface area contributed by atoms with Gasteiger partial charge in [0.25, 0.3) is 0 Å². The topological polar surface area (TPSA) is 67.1 Å². The van der Waals surface area contributed by atoms with Crippen molar-refractivity contribution in [2.24, 2.45) is 0 Å². The highest BCUT2D eigenvalue weighted by Gasteiger charge is 2.15. The third-order valence-electron chi connectivity index (χ3n) is 5.70. The Morgan fingerprint density at radius 3 is 1.84 bits per heavy atom. The minimum absolute atomic E-state index is 0.0317. The average Bonchev–Trinajstić information content (AvgIpc) is 3.57. The fourth-order valence-corrected chi connectivity index (χ4v) is 4.75. The second-order valence-electron chi connectivity index (χ2n) is 8.21. The van der Waals surface area contributed by atoms with Crippen LogP contribution >= 0.6 is 31.9 Å². The van der Waals surface area contributed by atoms with E-state index in [1.807, 2.05) is 97.2 Å². The quantitative estimate of drug-likeness (QED) is 0.189. The summed E-state index contributed by atoms with van der Waals surface area (Å²) in [7, 11) is 0. The Balaban J connectivity index is 0.000000153. The predicted molar refractivity (Wildman–Crippen MR) is 155 cm³/mol. The highest BCUT2D eigenvalue weighted by molar-refractivity contribution is 9.11. The molecule has 0 amide bonds. The number of para-hydroxylation sites is 2. The average molecular weight is 618 g/mol. The van der Waals surface area contributed by atoms with Crippen molar-refractivity contribution in [2.75, 3.05) is 0 Å². The largest absolute Gasteiger partial charge is 0.454 e. The highest BCUT2D eigenvalue weighted by atomic mass is 79.9. The molecule has 2 N–H and O–H groups in total. The molecule has 0 atom stereocenters. The Kier molecular flexibility index (Phi) is 7.44. The van der Waals surface area contributed by atoms with Crippen LogP contribution in [0.1, 0.15) is 17.3 Å². The normalized spacial score (nSPS) is 10.7. The van der Waals surface area contributed by atoms with Gasteiger partial charge in [-0.25, -0.2) is 0 Å². The van der Waals surface area contributed by atoms with Gasteiger partial charge in [-0.2, -0.15) is 0 Å². The maximum Gasteiger partial charge on any atom is 0.165 e. The molecule has 0 aliphatic carbocycles. The number of rotatable bonds is 5. The monoisotopic (exact) mass is 616 g/mol. The van der Waals surface area contributed by atoms with E-state index in [-0.39, 0.29) is 5.78 Å². The van der Waals surface area contributed by atoms with Crippen molar-refractivity contribution in [1.29, 1.82) is 0 Å². The summed E-state index contributed by atoms with van der Waals surface area (Å²) in [5, 5.41) is 2.01. The van der Waals surface area contributed by atoms with Crippen LogP contribution in [0.5, 0.6) is 23.0 Å². The molecule has 0 aliphatic heterocycles. The van der Waals surface area contributed by atoms with Gasteiger partial charge in [-0.1, -0.05) is 48.5 Å². The molecule has 2 aromatic heterocycles. The SMILES string of the molecule is Brc1ccc2cc[nH]c2c1Oc1ccccc1.CC(=O)c1c[nH]c2c(Oc3ccccc3)c(Br)ccc12. The second kappa shape index (κ2) is 11.1. The molecular weight excluding hydrogens is 596 g/mol. The van der Waals surface area contributed by atoms with Gasteiger partial charge in [-0.3, -0.25) is 4.79 Å². The number of hydrogen-bond acceptors (Lipinski definition) is 3. The summed E-state index contributed by atoms with van der Waals surface area (Å²) in [6.07, 6.45) is 3.63. The van der Waals surface area contributed by atoms with Crippen molar-refractivity contribution in [3.63, 3.8) is 0 Å².